The molecule has 1 aromatic heterocycles. The van der Waals surface area contributed by atoms with Crippen LogP contribution in [0.4, 0.5) is 0 Å². The smallest absolute Gasteiger partial charge is 0.326 e. The lowest BCUT2D eigenvalue weighted by molar-refractivity contribution is -0.148. The van der Waals surface area contributed by atoms with Crippen molar-refractivity contribution in [1.29, 1.82) is 0 Å². The zero-order valence-corrected chi connectivity index (χ0v) is 18.5. The van der Waals surface area contributed by atoms with Crippen molar-refractivity contribution in [3.63, 3.8) is 0 Å². The molecular formula is C24H30N2O5. The van der Waals surface area contributed by atoms with E-state index in [0.29, 0.717) is 25.1 Å². The molecule has 2 aromatic rings. The van der Waals surface area contributed by atoms with Crippen LogP contribution in [0.15, 0.2) is 30.3 Å². The maximum absolute atomic E-state index is 12.7. The van der Waals surface area contributed by atoms with Gasteiger partial charge in [0.05, 0.1) is 6.61 Å². The molecule has 0 atom stereocenters. The van der Waals surface area contributed by atoms with E-state index in [0.717, 1.165) is 42.1 Å². The molecule has 31 heavy (non-hydrogen) atoms. The molecule has 0 radical (unpaired) electrons. The van der Waals surface area contributed by atoms with Gasteiger partial charge in [0.1, 0.15) is 12.3 Å². The summed E-state index contributed by atoms with van der Waals surface area (Å²) < 4.78 is 12.7. The van der Waals surface area contributed by atoms with Crippen LogP contribution in [0.5, 0.6) is 5.75 Å². The van der Waals surface area contributed by atoms with Gasteiger partial charge in [0.25, 0.3) is 0 Å². The molecule has 0 N–H and O–H groups in total. The minimum Gasteiger partial charge on any atom is -0.494 e. The van der Waals surface area contributed by atoms with Crippen LogP contribution in [0.1, 0.15) is 54.4 Å². The molecule has 1 fully saturated rings. The van der Waals surface area contributed by atoms with E-state index in [1.165, 1.54) is 4.90 Å². The van der Waals surface area contributed by atoms with E-state index in [4.69, 9.17) is 9.47 Å². The summed E-state index contributed by atoms with van der Waals surface area (Å²) in [7, 11) is 0. The normalized spacial score (nSPS) is 14.3. The number of benzene rings is 1. The number of ketones is 1. The minimum absolute atomic E-state index is 0.0281. The number of amides is 1. The fourth-order valence-electron chi connectivity index (χ4n) is 3.93. The summed E-state index contributed by atoms with van der Waals surface area (Å²) in [4.78, 5) is 38.5. The van der Waals surface area contributed by atoms with E-state index in [2.05, 4.69) is 0 Å². The monoisotopic (exact) mass is 426 g/mol. The van der Waals surface area contributed by atoms with Gasteiger partial charge in [-0.15, -0.1) is 0 Å². The zero-order chi connectivity index (χ0) is 22.4. The molecule has 1 aliphatic rings. The Balaban J connectivity index is 1.63. The molecule has 1 saturated heterocycles. The Morgan fingerprint density at radius 2 is 1.81 bits per heavy atom. The number of likely N-dealkylation sites (tertiary alicyclic amines) is 1. The molecule has 2 heterocycles. The third-order valence-electron chi connectivity index (χ3n) is 5.49. The predicted octanol–water partition coefficient (Wildman–Crippen LogP) is 3.62. The van der Waals surface area contributed by atoms with Crippen LogP contribution >= 0.6 is 0 Å². The standard InChI is InChI=1S/C24H30N2O5/c1-4-30-20-11-9-19(10-12-20)26-17(2)14-21(18(26)3)22(27)16-31-24(29)15-25-13-7-5-6-8-23(25)28/h9-12,14H,4-8,13,15-16H2,1-3H3. The summed E-state index contributed by atoms with van der Waals surface area (Å²) in [5.41, 5.74) is 3.14. The number of Topliss-reactive ketones (excluding diaryl/α,β-unsaturated/α-hetero) is 1. The number of nitrogens with zero attached hydrogens (tertiary/aromatic N) is 2. The molecule has 3 rings (SSSR count). The lowest BCUT2D eigenvalue weighted by Crippen LogP contribution is -2.36. The van der Waals surface area contributed by atoms with Crippen LogP contribution in [-0.4, -0.2) is 53.4 Å². The van der Waals surface area contributed by atoms with E-state index < -0.39 is 5.97 Å². The van der Waals surface area contributed by atoms with Crippen LogP contribution in [0, 0.1) is 13.8 Å². The Bertz CT molecular complexity index is 946. The number of aryl methyl sites for hydroxylation is 1. The van der Waals surface area contributed by atoms with Crippen LogP contribution in [-0.2, 0) is 14.3 Å². The van der Waals surface area contributed by atoms with Gasteiger partial charge in [0.15, 0.2) is 6.61 Å². The minimum atomic E-state index is -0.552. The van der Waals surface area contributed by atoms with Gasteiger partial charge in [0, 0.05) is 35.6 Å². The zero-order valence-electron chi connectivity index (χ0n) is 18.5. The first-order valence-electron chi connectivity index (χ1n) is 10.8. The van der Waals surface area contributed by atoms with Crippen LogP contribution < -0.4 is 4.74 Å². The third-order valence-corrected chi connectivity index (χ3v) is 5.49. The summed E-state index contributed by atoms with van der Waals surface area (Å²) >= 11 is 0. The summed E-state index contributed by atoms with van der Waals surface area (Å²) in [5.74, 6) is -0.0516. The van der Waals surface area contributed by atoms with Gasteiger partial charge in [-0.3, -0.25) is 14.4 Å². The fourth-order valence-corrected chi connectivity index (χ4v) is 3.93. The van der Waals surface area contributed by atoms with Crippen molar-refractivity contribution in [3.05, 3.63) is 47.3 Å². The highest BCUT2D eigenvalue weighted by molar-refractivity contribution is 5.99. The Hall–Kier alpha value is -3.09. The first kappa shape index (κ1) is 22.6. The second kappa shape index (κ2) is 10.3. The quantitative estimate of drug-likeness (QED) is 0.476. The van der Waals surface area contributed by atoms with E-state index >= 15 is 0 Å². The Morgan fingerprint density at radius 1 is 1.06 bits per heavy atom. The van der Waals surface area contributed by atoms with Crippen molar-refractivity contribution in [2.45, 2.75) is 46.5 Å². The number of carbonyl (C=O) groups excluding carboxylic acids is 3. The Kier molecular flexibility index (Phi) is 7.50. The average molecular weight is 427 g/mol. The number of carbonyl (C=O) groups is 3. The number of hydrogen-bond acceptors (Lipinski definition) is 5. The van der Waals surface area contributed by atoms with Gasteiger partial charge < -0.3 is 18.9 Å². The van der Waals surface area contributed by atoms with E-state index in [1.54, 1.807) is 6.07 Å². The van der Waals surface area contributed by atoms with Crippen molar-refractivity contribution in [1.82, 2.24) is 9.47 Å². The molecule has 0 aliphatic carbocycles. The first-order chi connectivity index (χ1) is 14.9. The van der Waals surface area contributed by atoms with Crippen LogP contribution in [0.2, 0.25) is 0 Å². The number of hydrogen-bond donors (Lipinski definition) is 0. The van der Waals surface area contributed by atoms with Gasteiger partial charge >= 0.3 is 5.97 Å². The highest BCUT2D eigenvalue weighted by atomic mass is 16.5. The molecule has 1 aliphatic heterocycles. The Labute approximate surface area is 182 Å². The Morgan fingerprint density at radius 3 is 2.52 bits per heavy atom. The van der Waals surface area contributed by atoms with Gasteiger partial charge in [-0.2, -0.15) is 0 Å². The highest BCUT2D eigenvalue weighted by Gasteiger charge is 2.22. The summed E-state index contributed by atoms with van der Waals surface area (Å²) in [5, 5.41) is 0. The number of esters is 1. The number of rotatable bonds is 8. The van der Waals surface area contributed by atoms with E-state index in [1.807, 2.05) is 49.6 Å². The average Bonchev–Trinajstić information content (AvgIpc) is 2.90. The van der Waals surface area contributed by atoms with E-state index in [9.17, 15) is 14.4 Å². The van der Waals surface area contributed by atoms with Crippen molar-refractivity contribution in [2.75, 3.05) is 26.3 Å². The summed E-state index contributed by atoms with van der Waals surface area (Å²) in [6.45, 7) is 6.46. The highest BCUT2D eigenvalue weighted by Crippen LogP contribution is 2.23. The summed E-state index contributed by atoms with van der Waals surface area (Å²) in [6.07, 6.45) is 3.19. The summed E-state index contributed by atoms with van der Waals surface area (Å²) in [6, 6.07) is 9.48. The van der Waals surface area contributed by atoms with Crippen molar-refractivity contribution in [2.24, 2.45) is 0 Å². The molecule has 0 saturated carbocycles. The van der Waals surface area contributed by atoms with Crippen molar-refractivity contribution < 1.29 is 23.9 Å². The molecule has 7 nitrogen and oxygen atoms in total. The predicted molar refractivity (Wildman–Crippen MR) is 117 cm³/mol. The van der Waals surface area contributed by atoms with Gasteiger partial charge in [-0.05, 0) is 63.9 Å². The third kappa shape index (κ3) is 5.54. The van der Waals surface area contributed by atoms with E-state index in [-0.39, 0.29) is 24.8 Å². The molecular weight excluding hydrogens is 396 g/mol. The molecule has 1 aromatic carbocycles. The number of ether oxygens (including phenoxy) is 2. The second-order valence-corrected chi connectivity index (χ2v) is 7.76. The van der Waals surface area contributed by atoms with Gasteiger partial charge in [-0.25, -0.2) is 0 Å². The SMILES string of the molecule is CCOc1ccc(-n2c(C)cc(C(=O)COC(=O)CN3CCCCCC3=O)c2C)cc1. The van der Waals surface area contributed by atoms with Gasteiger partial charge in [-0.1, -0.05) is 6.42 Å². The molecule has 0 bridgehead atoms. The first-order valence-corrected chi connectivity index (χ1v) is 10.8. The molecule has 0 unspecified atom stereocenters. The van der Waals surface area contributed by atoms with Crippen molar-refractivity contribution in [3.8, 4) is 11.4 Å². The largest absolute Gasteiger partial charge is 0.494 e. The molecule has 1 amide bonds. The molecule has 0 spiro atoms. The molecule has 7 heteroatoms. The van der Waals surface area contributed by atoms with Crippen LogP contribution in [0.3, 0.4) is 0 Å². The van der Waals surface area contributed by atoms with Crippen molar-refractivity contribution >= 4 is 17.7 Å². The second-order valence-electron chi connectivity index (χ2n) is 7.76. The van der Waals surface area contributed by atoms with Crippen LogP contribution in [0.25, 0.3) is 5.69 Å². The maximum Gasteiger partial charge on any atom is 0.326 e. The maximum atomic E-state index is 12.7. The van der Waals surface area contributed by atoms with Gasteiger partial charge in [0.2, 0.25) is 11.7 Å². The fraction of sp³-hybridized carbons (Fsp3) is 0.458. The lowest BCUT2D eigenvalue weighted by Gasteiger charge is -2.19. The number of aromatic nitrogens is 1. The molecule has 166 valence electrons. The topological polar surface area (TPSA) is 77.8 Å². The lowest BCUT2D eigenvalue weighted by atomic mass is 10.1.